The largest absolute Gasteiger partial charge is 0.490 e. The molecule has 0 bridgehead atoms. The number of anilines is 1. The van der Waals surface area contributed by atoms with Crippen LogP contribution in [0.4, 0.5) is 18.9 Å². The van der Waals surface area contributed by atoms with Crippen LogP contribution in [0.1, 0.15) is 43.6 Å². The number of nitrogens with zero attached hydrogens (tertiary/aromatic N) is 1. The van der Waals surface area contributed by atoms with E-state index < -0.39 is 30.1 Å². The number of hydrogen-bond donors (Lipinski definition) is 1. The van der Waals surface area contributed by atoms with E-state index in [9.17, 15) is 22.8 Å². The molecule has 1 N–H and O–H groups in total. The highest BCUT2D eigenvalue weighted by atomic mass is 19.4. The van der Waals surface area contributed by atoms with E-state index in [1.165, 1.54) is 29.2 Å². The maximum Gasteiger partial charge on any atom is 0.418 e. The Labute approximate surface area is 196 Å². The predicted molar refractivity (Wildman–Crippen MR) is 122 cm³/mol. The van der Waals surface area contributed by atoms with E-state index in [-0.39, 0.29) is 17.8 Å². The third-order valence-corrected chi connectivity index (χ3v) is 4.67. The Morgan fingerprint density at radius 3 is 1.97 bits per heavy atom. The van der Waals surface area contributed by atoms with Gasteiger partial charge in [-0.05, 0) is 52.0 Å². The number of carbonyl (C=O) groups is 2. The van der Waals surface area contributed by atoms with Crippen molar-refractivity contribution in [2.24, 2.45) is 0 Å². The standard InChI is InChI=1S/C24H29F3N2O5/c1-5-29(15-21(30)28-18-12-10-9-11-17(18)24(25,26)27)23(31)16-13-19(32-6-2)22(34-8-4)20(14-16)33-7-3/h9-14H,5-8,15H2,1-4H3,(H,28,30). The lowest BCUT2D eigenvalue weighted by Crippen LogP contribution is -2.38. The van der Waals surface area contributed by atoms with Crippen LogP contribution >= 0.6 is 0 Å². The van der Waals surface area contributed by atoms with Crippen molar-refractivity contribution in [3.63, 3.8) is 0 Å². The molecular formula is C24H29F3N2O5. The second-order valence-corrected chi connectivity index (χ2v) is 7.01. The molecule has 0 saturated carbocycles. The van der Waals surface area contributed by atoms with Gasteiger partial charge in [0.1, 0.15) is 6.54 Å². The van der Waals surface area contributed by atoms with Crippen LogP contribution < -0.4 is 19.5 Å². The van der Waals surface area contributed by atoms with Crippen LogP contribution in [-0.4, -0.2) is 49.6 Å². The van der Waals surface area contributed by atoms with Gasteiger partial charge in [-0.2, -0.15) is 13.2 Å². The monoisotopic (exact) mass is 482 g/mol. The van der Waals surface area contributed by atoms with E-state index in [0.29, 0.717) is 37.1 Å². The predicted octanol–water partition coefficient (Wildman–Crippen LogP) is 5.00. The molecule has 2 aromatic rings. The molecule has 0 aliphatic rings. The van der Waals surface area contributed by atoms with Crippen molar-refractivity contribution in [2.45, 2.75) is 33.9 Å². The summed E-state index contributed by atoms with van der Waals surface area (Å²) in [7, 11) is 0. The van der Waals surface area contributed by atoms with Crippen molar-refractivity contribution >= 4 is 17.5 Å². The van der Waals surface area contributed by atoms with Crippen molar-refractivity contribution in [3.05, 3.63) is 47.5 Å². The fraction of sp³-hybridized carbons (Fsp3) is 0.417. The summed E-state index contributed by atoms with van der Waals surface area (Å²) < 4.78 is 56.5. The number of halogens is 3. The molecule has 0 aliphatic carbocycles. The van der Waals surface area contributed by atoms with Gasteiger partial charge < -0.3 is 24.4 Å². The Kier molecular flexibility index (Phi) is 9.58. The van der Waals surface area contributed by atoms with Gasteiger partial charge in [0.25, 0.3) is 5.91 Å². The molecule has 0 aromatic heterocycles. The van der Waals surface area contributed by atoms with Gasteiger partial charge in [0.15, 0.2) is 11.5 Å². The minimum absolute atomic E-state index is 0.147. The first-order valence-electron chi connectivity index (χ1n) is 11.0. The molecule has 2 amide bonds. The van der Waals surface area contributed by atoms with Gasteiger partial charge in [-0.3, -0.25) is 9.59 Å². The van der Waals surface area contributed by atoms with E-state index in [1.807, 2.05) is 0 Å². The highest BCUT2D eigenvalue weighted by molar-refractivity contribution is 6.00. The molecule has 7 nitrogen and oxygen atoms in total. The molecule has 0 fully saturated rings. The Hall–Kier alpha value is -3.43. The third-order valence-electron chi connectivity index (χ3n) is 4.67. The first kappa shape index (κ1) is 26.8. The summed E-state index contributed by atoms with van der Waals surface area (Å²) in [4.78, 5) is 26.9. The second-order valence-electron chi connectivity index (χ2n) is 7.01. The minimum Gasteiger partial charge on any atom is -0.490 e. The Bertz CT molecular complexity index is 968. The van der Waals surface area contributed by atoms with Crippen molar-refractivity contribution in [1.29, 1.82) is 0 Å². The maximum atomic E-state index is 13.2. The number of rotatable bonds is 11. The number of para-hydroxylation sites is 1. The zero-order chi connectivity index (χ0) is 25.3. The van der Waals surface area contributed by atoms with Crippen LogP contribution in [0, 0.1) is 0 Å². The molecule has 0 unspecified atom stereocenters. The van der Waals surface area contributed by atoms with Gasteiger partial charge >= 0.3 is 6.18 Å². The van der Waals surface area contributed by atoms with E-state index in [0.717, 1.165) is 12.1 Å². The van der Waals surface area contributed by atoms with Crippen LogP contribution in [0.2, 0.25) is 0 Å². The highest BCUT2D eigenvalue weighted by Crippen LogP contribution is 2.39. The number of alkyl halides is 3. The number of hydrogen-bond acceptors (Lipinski definition) is 5. The highest BCUT2D eigenvalue weighted by Gasteiger charge is 2.33. The van der Waals surface area contributed by atoms with Crippen molar-refractivity contribution in [2.75, 3.05) is 38.2 Å². The Morgan fingerprint density at radius 2 is 1.47 bits per heavy atom. The molecule has 0 radical (unpaired) electrons. The Morgan fingerprint density at radius 1 is 0.912 bits per heavy atom. The van der Waals surface area contributed by atoms with Gasteiger partial charge in [-0.1, -0.05) is 12.1 Å². The molecule has 10 heteroatoms. The van der Waals surface area contributed by atoms with Gasteiger partial charge in [0, 0.05) is 12.1 Å². The SMILES string of the molecule is CCOc1cc(C(=O)N(CC)CC(=O)Nc2ccccc2C(F)(F)F)cc(OCC)c1OCC. The number of carbonyl (C=O) groups excluding carboxylic acids is 2. The zero-order valence-corrected chi connectivity index (χ0v) is 19.6. The first-order valence-corrected chi connectivity index (χ1v) is 11.0. The molecular weight excluding hydrogens is 453 g/mol. The summed E-state index contributed by atoms with van der Waals surface area (Å²) in [6.45, 7) is 7.74. The lowest BCUT2D eigenvalue weighted by Gasteiger charge is -2.23. The summed E-state index contributed by atoms with van der Waals surface area (Å²) in [6.07, 6.45) is -4.63. The number of benzene rings is 2. The summed E-state index contributed by atoms with van der Waals surface area (Å²) in [6, 6.07) is 7.66. The molecule has 34 heavy (non-hydrogen) atoms. The summed E-state index contributed by atoms with van der Waals surface area (Å²) >= 11 is 0. The third kappa shape index (κ3) is 6.79. The van der Waals surface area contributed by atoms with Crippen molar-refractivity contribution in [3.8, 4) is 17.2 Å². The molecule has 0 saturated heterocycles. The smallest absolute Gasteiger partial charge is 0.418 e. The number of ether oxygens (including phenoxy) is 3. The maximum absolute atomic E-state index is 13.2. The minimum atomic E-state index is -4.63. The second kappa shape index (κ2) is 12.2. The van der Waals surface area contributed by atoms with Crippen LogP contribution in [0.15, 0.2) is 36.4 Å². The summed E-state index contributed by atoms with van der Waals surface area (Å²) in [5.41, 5.74) is -1.14. The van der Waals surface area contributed by atoms with Gasteiger partial charge in [-0.15, -0.1) is 0 Å². The average molecular weight is 482 g/mol. The van der Waals surface area contributed by atoms with Gasteiger partial charge in [0.2, 0.25) is 11.7 Å². The van der Waals surface area contributed by atoms with Crippen molar-refractivity contribution < 1.29 is 37.0 Å². The van der Waals surface area contributed by atoms with Crippen LogP contribution in [0.5, 0.6) is 17.2 Å². The van der Waals surface area contributed by atoms with E-state index >= 15 is 0 Å². The molecule has 2 rings (SSSR count). The molecule has 0 atom stereocenters. The number of amides is 2. The average Bonchev–Trinajstić information content (AvgIpc) is 2.79. The molecule has 0 spiro atoms. The first-order chi connectivity index (χ1) is 16.2. The van der Waals surface area contributed by atoms with E-state index in [4.69, 9.17) is 14.2 Å². The van der Waals surface area contributed by atoms with Gasteiger partial charge in [-0.25, -0.2) is 0 Å². The van der Waals surface area contributed by atoms with Gasteiger partial charge in [0.05, 0.1) is 31.1 Å². The number of likely N-dealkylation sites (N-methyl/N-ethyl adjacent to an activating group) is 1. The van der Waals surface area contributed by atoms with Crippen LogP contribution in [-0.2, 0) is 11.0 Å². The lowest BCUT2D eigenvalue weighted by molar-refractivity contribution is -0.137. The number of nitrogens with one attached hydrogen (secondary N) is 1. The Balaban J connectivity index is 2.29. The quantitative estimate of drug-likeness (QED) is 0.488. The van der Waals surface area contributed by atoms with E-state index in [2.05, 4.69) is 5.32 Å². The molecule has 186 valence electrons. The fourth-order valence-corrected chi connectivity index (χ4v) is 3.22. The fourth-order valence-electron chi connectivity index (χ4n) is 3.22. The topological polar surface area (TPSA) is 77.1 Å². The van der Waals surface area contributed by atoms with Crippen molar-refractivity contribution in [1.82, 2.24) is 4.90 Å². The lowest BCUT2D eigenvalue weighted by atomic mass is 10.1. The molecule has 2 aromatic carbocycles. The summed E-state index contributed by atoms with van der Waals surface area (Å²) in [5.74, 6) is -0.261. The van der Waals surface area contributed by atoms with Crippen LogP contribution in [0.3, 0.4) is 0 Å². The zero-order valence-electron chi connectivity index (χ0n) is 19.6. The normalized spacial score (nSPS) is 11.0. The molecule has 0 heterocycles. The molecule has 0 aliphatic heterocycles. The van der Waals surface area contributed by atoms with E-state index in [1.54, 1.807) is 27.7 Å². The summed E-state index contributed by atoms with van der Waals surface area (Å²) in [5, 5.41) is 2.26. The van der Waals surface area contributed by atoms with Crippen LogP contribution in [0.25, 0.3) is 0 Å².